The van der Waals surface area contributed by atoms with Gasteiger partial charge in [0.25, 0.3) is 5.69 Å². The Balaban J connectivity index is 3.07. The summed E-state index contributed by atoms with van der Waals surface area (Å²) in [7, 11) is 0. The second kappa shape index (κ2) is 4.89. The zero-order valence-corrected chi connectivity index (χ0v) is 9.01. The highest BCUT2D eigenvalue weighted by Crippen LogP contribution is 2.29. The van der Waals surface area contributed by atoms with E-state index in [9.17, 15) is 10.1 Å². The SMILES string of the molecule is CCC(C)[C@H](N)c1ccccc1[N+](=O)[O-]. The molecular formula is C11H16N2O2. The van der Waals surface area contributed by atoms with Gasteiger partial charge in [0, 0.05) is 17.7 Å². The number of hydrogen-bond donors (Lipinski definition) is 1. The van der Waals surface area contributed by atoms with Crippen molar-refractivity contribution in [2.75, 3.05) is 0 Å². The highest BCUT2D eigenvalue weighted by molar-refractivity contribution is 5.42. The Morgan fingerprint density at radius 2 is 2.07 bits per heavy atom. The fourth-order valence-corrected chi connectivity index (χ4v) is 1.50. The van der Waals surface area contributed by atoms with Gasteiger partial charge in [0.2, 0.25) is 0 Å². The van der Waals surface area contributed by atoms with Crippen LogP contribution < -0.4 is 5.73 Å². The fourth-order valence-electron chi connectivity index (χ4n) is 1.50. The summed E-state index contributed by atoms with van der Waals surface area (Å²) in [6.07, 6.45) is 0.910. The maximum Gasteiger partial charge on any atom is 0.274 e. The molecule has 0 amide bonds. The van der Waals surface area contributed by atoms with Gasteiger partial charge < -0.3 is 5.73 Å². The Kier molecular flexibility index (Phi) is 3.80. The number of nitrogens with zero attached hydrogens (tertiary/aromatic N) is 1. The van der Waals surface area contributed by atoms with Crippen LogP contribution in [0, 0.1) is 16.0 Å². The van der Waals surface area contributed by atoms with E-state index in [-0.39, 0.29) is 22.6 Å². The largest absolute Gasteiger partial charge is 0.324 e. The summed E-state index contributed by atoms with van der Waals surface area (Å²) in [4.78, 5) is 10.4. The van der Waals surface area contributed by atoms with Crippen molar-refractivity contribution in [3.05, 3.63) is 39.9 Å². The van der Waals surface area contributed by atoms with Gasteiger partial charge in [0.15, 0.2) is 0 Å². The normalized spacial score (nSPS) is 14.6. The van der Waals surface area contributed by atoms with Crippen molar-refractivity contribution in [1.29, 1.82) is 0 Å². The van der Waals surface area contributed by atoms with E-state index in [1.807, 2.05) is 13.8 Å². The molecule has 0 bridgehead atoms. The first-order valence-corrected chi connectivity index (χ1v) is 5.06. The molecule has 4 heteroatoms. The van der Waals surface area contributed by atoms with Crippen molar-refractivity contribution in [3.63, 3.8) is 0 Å². The molecule has 1 unspecified atom stereocenters. The van der Waals surface area contributed by atoms with E-state index in [1.54, 1.807) is 18.2 Å². The first kappa shape index (κ1) is 11.7. The zero-order chi connectivity index (χ0) is 11.4. The van der Waals surface area contributed by atoms with Crippen molar-refractivity contribution < 1.29 is 4.92 Å². The van der Waals surface area contributed by atoms with Crippen LogP contribution in [0.5, 0.6) is 0 Å². The predicted octanol–water partition coefficient (Wildman–Crippen LogP) is 2.64. The molecule has 1 aromatic carbocycles. The molecule has 1 rings (SSSR count). The summed E-state index contributed by atoms with van der Waals surface area (Å²) < 4.78 is 0. The fraction of sp³-hybridized carbons (Fsp3) is 0.455. The minimum atomic E-state index is -0.377. The third-order valence-corrected chi connectivity index (χ3v) is 2.75. The highest BCUT2D eigenvalue weighted by Gasteiger charge is 2.21. The number of rotatable bonds is 4. The summed E-state index contributed by atoms with van der Waals surface area (Å²) in [5.41, 5.74) is 6.72. The standard InChI is InChI=1S/C11H16N2O2/c1-3-8(2)11(12)9-6-4-5-7-10(9)13(14)15/h4-8,11H,3,12H2,1-2H3/t8?,11-/m0/s1. The molecule has 4 nitrogen and oxygen atoms in total. The van der Waals surface area contributed by atoms with Gasteiger partial charge in [-0.2, -0.15) is 0 Å². The molecule has 2 N–H and O–H groups in total. The third-order valence-electron chi connectivity index (χ3n) is 2.75. The van der Waals surface area contributed by atoms with Gasteiger partial charge in [-0.1, -0.05) is 38.5 Å². The van der Waals surface area contributed by atoms with Crippen molar-refractivity contribution in [3.8, 4) is 0 Å². The molecule has 0 saturated carbocycles. The lowest BCUT2D eigenvalue weighted by Crippen LogP contribution is -2.19. The summed E-state index contributed by atoms with van der Waals surface area (Å²) in [6.45, 7) is 4.03. The Morgan fingerprint density at radius 1 is 1.47 bits per heavy atom. The van der Waals surface area contributed by atoms with Crippen molar-refractivity contribution in [2.45, 2.75) is 26.3 Å². The molecule has 0 aliphatic heterocycles. The second-order valence-electron chi connectivity index (χ2n) is 3.73. The lowest BCUT2D eigenvalue weighted by Gasteiger charge is -2.18. The lowest BCUT2D eigenvalue weighted by molar-refractivity contribution is -0.385. The Hall–Kier alpha value is -1.42. The van der Waals surface area contributed by atoms with Crippen LogP contribution in [0.25, 0.3) is 0 Å². The van der Waals surface area contributed by atoms with E-state index < -0.39 is 0 Å². The number of hydrogen-bond acceptors (Lipinski definition) is 3. The number of nitrogens with two attached hydrogens (primary N) is 1. The Morgan fingerprint density at radius 3 is 2.60 bits per heavy atom. The quantitative estimate of drug-likeness (QED) is 0.610. The maximum atomic E-state index is 10.8. The molecule has 0 radical (unpaired) electrons. The molecule has 0 spiro atoms. The van der Waals surface area contributed by atoms with Gasteiger partial charge in [0.1, 0.15) is 0 Å². The first-order valence-electron chi connectivity index (χ1n) is 5.06. The smallest absolute Gasteiger partial charge is 0.274 e. The predicted molar refractivity (Wildman–Crippen MR) is 59.5 cm³/mol. The van der Waals surface area contributed by atoms with Crippen LogP contribution in [0.4, 0.5) is 5.69 Å². The van der Waals surface area contributed by atoms with Crippen molar-refractivity contribution in [1.82, 2.24) is 0 Å². The minimum absolute atomic E-state index is 0.116. The molecule has 0 aliphatic rings. The van der Waals surface area contributed by atoms with Crippen LogP contribution in [-0.4, -0.2) is 4.92 Å². The van der Waals surface area contributed by atoms with Gasteiger partial charge in [-0.3, -0.25) is 10.1 Å². The van der Waals surface area contributed by atoms with E-state index in [2.05, 4.69) is 0 Å². The Bertz CT molecular complexity index is 352. The van der Waals surface area contributed by atoms with Gasteiger partial charge in [-0.05, 0) is 5.92 Å². The van der Waals surface area contributed by atoms with Gasteiger partial charge >= 0.3 is 0 Å². The van der Waals surface area contributed by atoms with Crippen LogP contribution in [-0.2, 0) is 0 Å². The number of nitro groups is 1. The minimum Gasteiger partial charge on any atom is -0.324 e. The van der Waals surface area contributed by atoms with Gasteiger partial charge in [-0.15, -0.1) is 0 Å². The van der Waals surface area contributed by atoms with E-state index >= 15 is 0 Å². The summed E-state index contributed by atoms with van der Waals surface area (Å²) in [5.74, 6) is 0.242. The number of benzene rings is 1. The number of nitro benzene ring substituents is 1. The van der Waals surface area contributed by atoms with E-state index in [0.29, 0.717) is 5.56 Å². The van der Waals surface area contributed by atoms with E-state index in [0.717, 1.165) is 6.42 Å². The monoisotopic (exact) mass is 208 g/mol. The van der Waals surface area contributed by atoms with Crippen LogP contribution in [0.3, 0.4) is 0 Å². The highest BCUT2D eigenvalue weighted by atomic mass is 16.6. The second-order valence-corrected chi connectivity index (χ2v) is 3.73. The summed E-state index contributed by atoms with van der Waals surface area (Å²) in [5, 5.41) is 10.8. The van der Waals surface area contributed by atoms with Crippen molar-refractivity contribution >= 4 is 5.69 Å². The first-order chi connectivity index (χ1) is 7.07. The molecule has 0 fully saturated rings. The molecule has 0 aliphatic carbocycles. The van der Waals surface area contributed by atoms with E-state index in [1.165, 1.54) is 6.07 Å². The maximum absolute atomic E-state index is 10.8. The topological polar surface area (TPSA) is 69.2 Å². The molecule has 2 atom stereocenters. The molecule has 0 aromatic heterocycles. The third kappa shape index (κ3) is 2.53. The zero-order valence-electron chi connectivity index (χ0n) is 9.01. The Labute approximate surface area is 89.2 Å². The summed E-state index contributed by atoms with van der Waals surface area (Å²) in [6, 6.07) is 6.40. The average molecular weight is 208 g/mol. The molecule has 15 heavy (non-hydrogen) atoms. The van der Waals surface area contributed by atoms with E-state index in [4.69, 9.17) is 5.73 Å². The van der Waals surface area contributed by atoms with Crippen LogP contribution in [0.2, 0.25) is 0 Å². The van der Waals surface area contributed by atoms with Crippen LogP contribution in [0.1, 0.15) is 31.9 Å². The van der Waals surface area contributed by atoms with Gasteiger partial charge in [-0.25, -0.2) is 0 Å². The van der Waals surface area contributed by atoms with Crippen LogP contribution >= 0.6 is 0 Å². The van der Waals surface area contributed by atoms with Crippen LogP contribution in [0.15, 0.2) is 24.3 Å². The molecule has 1 aromatic rings. The average Bonchev–Trinajstić information content (AvgIpc) is 2.27. The number of para-hydroxylation sites is 1. The molecule has 0 heterocycles. The molecule has 82 valence electrons. The van der Waals surface area contributed by atoms with Crippen molar-refractivity contribution in [2.24, 2.45) is 11.7 Å². The van der Waals surface area contributed by atoms with Gasteiger partial charge in [0.05, 0.1) is 4.92 Å². The summed E-state index contributed by atoms with van der Waals surface area (Å²) >= 11 is 0. The molecular weight excluding hydrogens is 192 g/mol. The lowest BCUT2D eigenvalue weighted by atomic mass is 9.92. The molecule has 0 saturated heterocycles.